The van der Waals surface area contributed by atoms with Crippen molar-refractivity contribution in [3.05, 3.63) is 35.6 Å². The first-order valence-corrected chi connectivity index (χ1v) is 12.0. The quantitative estimate of drug-likeness (QED) is 0.560. The normalized spacial score (nSPS) is 23.8. The number of benzene rings is 1. The number of piperidine rings is 1. The van der Waals surface area contributed by atoms with Crippen LogP contribution in [0.15, 0.2) is 24.3 Å². The molecular formula is C25H39FN4O2. The first-order valence-electron chi connectivity index (χ1n) is 12.0. The number of imide groups is 1. The van der Waals surface area contributed by atoms with Crippen molar-refractivity contribution in [1.82, 2.24) is 20.0 Å². The molecule has 32 heavy (non-hydrogen) atoms. The summed E-state index contributed by atoms with van der Waals surface area (Å²) in [6, 6.07) is 6.01. The fraction of sp³-hybridized carbons (Fsp3) is 0.680. The molecule has 0 bridgehead atoms. The third-order valence-electron chi connectivity index (χ3n) is 7.14. The lowest BCUT2D eigenvalue weighted by Crippen LogP contribution is -2.57. The van der Waals surface area contributed by atoms with Gasteiger partial charge in [-0.1, -0.05) is 32.4 Å². The number of hydrogen-bond donors (Lipinski definition) is 1. The highest BCUT2D eigenvalue weighted by molar-refractivity contribution is 6.07. The zero-order valence-corrected chi connectivity index (χ0v) is 20.1. The highest BCUT2D eigenvalue weighted by atomic mass is 19.1. The summed E-state index contributed by atoms with van der Waals surface area (Å²) in [7, 11) is 3.97. The molecule has 3 rings (SSSR count). The van der Waals surface area contributed by atoms with Crippen molar-refractivity contribution in [3.63, 3.8) is 0 Å². The van der Waals surface area contributed by atoms with Crippen LogP contribution in [-0.2, 0) is 11.2 Å². The van der Waals surface area contributed by atoms with Crippen LogP contribution in [-0.4, -0.2) is 79.0 Å². The van der Waals surface area contributed by atoms with Crippen LogP contribution in [0.1, 0.15) is 45.1 Å². The lowest BCUT2D eigenvalue weighted by molar-refractivity contribution is -0.134. The molecule has 7 heteroatoms. The van der Waals surface area contributed by atoms with Crippen LogP contribution in [0.5, 0.6) is 0 Å². The molecule has 0 saturated carbocycles. The Bertz CT molecular complexity index is 777. The van der Waals surface area contributed by atoms with Crippen LogP contribution in [0.4, 0.5) is 9.18 Å². The van der Waals surface area contributed by atoms with Crippen molar-refractivity contribution in [2.75, 3.05) is 46.8 Å². The van der Waals surface area contributed by atoms with Gasteiger partial charge in [0.2, 0.25) is 0 Å². The van der Waals surface area contributed by atoms with Gasteiger partial charge in [0.05, 0.1) is 0 Å². The monoisotopic (exact) mass is 446 g/mol. The predicted octanol–water partition coefficient (Wildman–Crippen LogP) is 3.37. The van der Waals surface area contributed by atoms with E-state index in [2.05, 4.69) is 29.0 Å². The van der Waals surface area contributed by atoms with E-state index in [1.165, 1.54) is 17.0 Å². The van der Waals surface area contributed by atoms with E-state index in [0.29, 0.717) is 18.9 Å². The third-order valence-corrected chi connectivity index (χ3v) is 7.14. The molecule has 1 N–H and O–H groups in total. The summed E-state index contributed by atoms with van der Waals surface area (Å²) in [5.74, 6) is 0.301. The van der Waals surface area contributed by atoms with Gasteiger partial charge in [0.15, 0.2) is 0 Å². The van der Waals surface area contributed by atoms with E-state index in [4.69, 9.17) is 0 Å². The number of amides is 3. The molecule has 2 atom stereocenters. The van der Waals surface area contributed by atoms with E-state index in [0.717, 1.165) is 57.4 Å². The summed E-state index contributed by atoms with van der Waals surface area (Å²) in [5.41, 5.74) is -0.0765. The Morgan fingerprint density at radius 2 is 1.84 bits per heavy atom. The molecule has 2 fully saturated rings. The third kappa shape index (κ3) is 5.67. The maximum Gasteiger partial charge on any atom is 0.325 e. The average molecular weight is 447 g/mol. The van der Waals surface area contributed by atoms with Gasteiger partial charge >= 0.3 is 6.03 Å². The van der Waals surface area contributed by atoms with Crippen molar-refractivity contribution in [1.29, 1.82) is 0 Å². The molecule has 0 aromatic heterocycles. The number of carbonyl (C=O) groups is 2. The largest absolute Gasteiger partial charge is 0.325 e. The minimum absolute atomic E-state index is 0.0658. The van der Waals surface area contributed by atoms with Gasteiger partial charge in [0.25, 0.3) is 5.91 Å². The molecule has 0 unspecified atom stereocenters. The Hall–Kier alpha value is -1.99. The SMILES string of the molecule is CC[C@H](C)CN1CCC([C@]2(Cc3ccc(F)cc3)NC(=O)N(CCCN(C)C)C2=O)CC1. The summed E-state index contributed by atoms with van der Waals surface area (Å²) in [6.45, 7) is 8.66. The van der Waals surface area contributed by atoms with Crippen LogP contribution in [0, 0.1) is 17.7 Å². The van der Waals surface area contributed by atoms with Crippen molar-refractivity contribution in [2.24, 2.45) is 11.8 Å². The number of carbonyl (C=O) groups excluding carboxylic acids is 2. The number of hydrogen-bond acceptors (Lipinski definition) is 4. The van der Waals surface area contributed by atoms with Gasteiger partial charge in [0, 0.05) is 19.5 Å². The summed E-state index contributed by atoms with van der Waals surface area (Å²) in [6.07, 6.45) is 4.04. The van der Waals surface area contributed by atoms with E-state index >= 15 is 0 Å². The van der Waals surface area contributed by atoms with Crippen LogP contribution in [0.25, 0.3) is 0 Å². The zero-order valence-electron chi connectivity index (χ0n) is 20.1. The molecular weight excluding hydrogens is 407 g/mol. The van der Waals surface area contributed by atoms with Crippen molar-refractivity contribution in [2.45, 2.75) is 51.5 Å². The molecule has 0 radical (unpaired) electrons. The van der Waals surface area contributed by atoms with E-state index in [9.17, 15) is 14.0 Å². The average Bonchev–Trinajstić information content (AvgIpc) is 3.00. The van der Waals surface area contributed by atoms with E-state index < -0.39 is 5.54 Å². The van der Waals surface area contributed by atoms with Crippen molar-refractivity contribution in [3.8, 4) is 0 Å². The molecule has 1 aromatic carbocycles. The summed E-state index contributed by atoms with van der Waals surface area (Å²) in [5, 5.41) is 3.12. The van der Waals surface area contributed by atoms with Gasteiger partial charge in [-0.05, 0) is 82.5 Å². The minimum Gasteiger partial charge on any atom is -0.322 e. The Labute approximate surface area is 192 Å². The number of likely N-dealkylation sites (tertiary alicyclic amines) is 1. The maximum absolute atomic E-state index is 13.7. The maximum atomic E-state index is 13.7. The molecule has 178 valence electrons. The lowest BCUT2D eigenvalue weighted by atomic mass is 9.73. The zero-order chi connectivity index (χ0) is 23.3. The molecule has 3 amide bonds. The number of nitrogens with zero attached hydrogens (tertiary/aromatic N) is 3. The van der Waals surface area contributed by atoms with Crippen molar-refractivity contribution < 1.29 is 14.0 Å². The molecule has 0 spiro atoms. The fourth-order valence-electron chi connectivity index (χ4n) is 5.04. The van der Waals surface area contributed by atoms with Gasteiger partial charge in [0.1, 0.15) is 11.4 Å². The van der Waals surface area contributed by atoms with Gasteiger partial charge in [-0.3, -0.25) is 9.69 Å². The molecule has 2 heterocycles. The van der Waals surface area contributed by atoms with Gasteiger partial charge in [-0.25, -0.2) is 9.18 Å². The van der Waals surface area contributed by atoms with E-state index in [1.54, 1.807) is 12.1 Å². The van der Waals surface area contributed by atoms with Gasteiger partial charge in [-0.2, -0.15) is 0 Å². The first-order chi connectivity index (χ1) is 15.2. The Morgan fingerprint density at radius 1 is 1.19 bits per heavy atom. The van der Waals surface area contributed by atoms with E-state index in [-0.39, 0.29) is 23.7 Å². The Kier molecular flexibility index (Phi) is 8.28. The summed E-state index contributed by atoms with van der Waals surface area (Å²) < 4.78 is 13.5. The van der Waals surface area contributed by atoms with Gasteiger partial charge < -0.3 is 15.1 Å². The van der Waals surface area contributed by atoms with Gasteiger partial charge in [-0.15, -0.1) is 0 Å². The van der Waals surface area contributed by atoms with Crippen LogP contribution in [0.2, 0.25) is 0 Å². The Balaban J connectivity index is 1.79. The van der Waals surface area contributed by atoms with Crippen molar-refractivity contribution >= 4 is 11.9 Å². The van der Waals surface area contributed by atoms with Crippen LogP contribution in [0.3, 0.4) is 0 Å². The highest BCUT2D eigenvalue weighted by Crippen LogP contribution is 2.37. The summed E-state index contributed by atoms with van der Waals surface area (Å²) >= 11 is 0. The number of urea groups is 1. The Morgan fingerprint density at radius 3 is 2.44 bits per heavy atom. The second-order valence-electron chi connectivity index (χ2n) is 9.91. The van der Waals surface area contributed by atoms with E-state index in [1.807, 2.05) is 14.1 Å². The topological polar surface area (TPSA) is 55.9 Å². The second-order valence-corrected chi connectivity index (χ2v) is 9.91. The molecule has 1 aromatic rings. The molecule has 0 aliphatic carbocycles. The smallest absolute Gasteiger partial charge is 0.322 e. The number of nitrogens with one attached hydrogen (secondary N) is 1. The standard InChI is InChI=1S/C25H39FN4O2/c1-5-19(2)18-29-15-11-21(12-16-29)25(17-20-7-9-22(26)10-8-20)23(31)30(24(32)27-25)14-6-13-28(3)4/h7-10,19,21H,5-6,11-18H2,1-4H3,(H,27,32)/t19-,25-/m0/s1. The molecule has 2 aliphatic rings. The molecule has 6 nitrogen and oxygen atoms in total. The molecule has 2 saturated heterocycles. The first kappa shape index (κ1) is 24.6. The number of halogens is 1. The molecule has 2 aliphatic heterocycles. The predicted molar refractivity (Wildman–Crippen MR) is 125 cm³/mol. The van der Waals surface area contributed by atoms with Crippen LogP contribution >= 0.6 is 0 Å². The minimum atomic E-state index is -0.949. The fourth-order valence-corrected chi connectivity index (χ4v) is 5.04. The summed E-state index contributed by atoms with van der Waals surface area (Å²) in [4.78, 5) is 32.6. The second kappa shape index (κ2) is 10.8. The lowest BCUT2D eigenvalue weighted by Gasteiger charge is -2.41. The highest BCUT2D eigenvalue weighted by Gasteiger charge is 2.55. The number of rotatable bonds is 10. The van der Waals surface area contributed by atoms with Crippen LogP contribution < -0.4 is 5.32 Å².